The number of rotatable bonds is 4. The van der Waals surface area contributed by atoms with Crippen LogP contribution in [0.2, 0.25) is 0 Å². The molecular weight excluding hydrogens is 332 g/mol. The third kappa shape index (κ3) is 3.58. The van der Waals surface area contributed by atoms with Crippen molar-refractivity contribution in [3.63, 3.8) is 0 Å². The number of aromatic nitrogens is 2. The number of hydrogen-bond donors (Lipinski definition) is 2. The average Bonchev–Trinajstić information content (AvgIpc) is 3.07. The molecule has 2 N–H and O–H groups in total. The third-order valence-electron chi connectivity index (χ3n) is 4.63. The fraction of sp³-hybridized carbons (Fsp3) is 0.316. The van der Waals surface area contributed by atoms with Gasteiger partial charge in [0.2, 0.25) is 0 Å². The molecule has 4 rings (SSSR count). The molecule has 0 radical (unpaired) electrons. The SMILES string of the molecule is O=C(N[C@H]1CCN(Cc2cc3ccccc3o2)C[C@@H]1O)c1cnccn1. The number of nitrogens with zero attached hydrogens (tertiary/aromatic N) is 3. The van der Waals surface area contributed by atoms with Crippen molar-refractivity contribution in [3.05, 3.63) is 60.4 Å². The molecule has 1 aliphatic heterocycles. The van der Waals surface area contributed by atoms with Gasteiger partial charge >= 0.3 is 0 Å². The minimum Gasteiger partial charge on any atom is -0.460 e. The minimum absolute atomic E-state index is 0.254. The van der Waals surface area contributed by atoms with Crippen LogP contribution in [0.15, 0.2) is 53.3 Å². The number of piperidine rings is 1. The molecule has 0 saturated carbocycles. The van der Waals surface area contributed by atoms with E-state index in [1.807, 2.05) is 30.3 Å². The summed E-state index contributed by atoms with van der Waals surface area (Å²) in [7, 11) is 0. The topological polar surface area (TPSA) is 91.5 Å². The first-order valence-corrected chi connectivity index (χ1v) is 8.64. The van der Waals surface area contributed by atoms with Crippen molar-refractivity contribution in [3.8, 4) is 0 Å². The number of aliphatic hydroxyl groups excluding tert-OH is 1. The van der Waals surface area contributed by atoms with E-state index in [0.29, 0.717) is 19.5 Å². The van der Waals surface area contributed by atoms with Gasteiger partial charge in [-0.15, -0.1) is 0 Å². The van der Waals surface area contributed by atoms with Gasteiger partial charge in [-0.25, -0.2) is 4.98 Å². The minimum atomic E-state index is -0.645. The number of likely N-dealkylation sites (tertiary alicyclic amines) is 1. The molecular formula is C19H20N4O3. The molecule has 1 saturated heterocycles. The number of furan rings is 1. The molecule has 0 spiro atoms. The molecule has 1 amide bonds. The highest BCUT2D eigenvalue weighted by atomic mass is 16.3. The molecule has 1 aromatic carbocycles. The molecule has 0 unspecified atom stereocenters. The summed E-state index contributed by atoms with van der Waals surface area (Å²) >= 11 is 0. The van der Waals surface area contributed by atoms with Gasteiger partial charge in [0.1, 0.15) is 17.0 Å². The number of amides is 1. The lowest BCUT2D eigenvalue weighted by atomic mass is 10.0. The molecule has 2 atom stereocenters. The van der Waals surface area contributed by atoms with Crippen LogP contribution in [-0.2, 0) is 6.54 Å². The largest absolute Gasteiger partial charge is 0.460 e. The van der Waals surface area contributed by atoms with Crippen molar-refractivity contribution in [1.82, 2.24) is 20.2 Å². The number of fused-ring (bicyclic) bond motifs is 1. The molecule has 7 nitrogen and oxygen atoms in total. The summed E-state index contributed by atoms with van der Waals surface area (Å²) in [6, 6.07) is 9.63. The zero-order chi connectivity index (χ0) is 17.9. The Morgan fingerprint density at radius 3 is 3.00 bits per heavy atom. The number of para-hydroxylation sites is 1. The van der Waals surface area contributed by atoms with Gasteiger partial charge in [-0.2, -0.15) is 0 Å². The van der Waals surface area contributed by atoms with Crippen LogP contribution in [0.3, 0.4) is 0 Å². The normalized spacial score (nSPS) is 21.0. The molecule has 7 heteroatoms. The molecule has 26 heavy (non-hydrogen) atoms. The van der Waals surface area contributed by atoms with Gasteiger partial charge in [-0.05, 0) is 18.6 Å². The maximum Gasteiger partial charge on any atom is 0.271 e. The van der Waals surface area contributed by atoms with Crippen LogP contribution in [0.5, 0.6) is 0 Å². The van der Waals surface area contributed by atoms with E-state index in [0.717, 1.165) is 23.3 Å². The first kappa shape index (κ1) is 16.7. The Labute approximate surface area is 150 Å². The van der Waals surface area contributed by atoms with Crippen LogP contribution in [0.4, 0.5) is 0 Å². The van der Waals surface area contributed by atoms with Crippen LogP contribution in [0, 0.1) is 0 Å². The molecule has 2 aromatic heterocycles. The van der Waals surface area contributed by atoms with Crippen molar-refractivity contribution in [2.24, 2.45) is 0 Å². The summed E-state index contributed by atoms with van der Waals surface area (Å²) in [5, 5.41) is 14.4. The van der Waals surface area contributed by atoms with Crippen LogP contribution in [-0.4, -0.2) is 51.1 Å². The summed E-state index contributed by atoms with van der Waals surface area (Å²) in [5.74, 6) is 0.563. The summed E-state index contributed by atoms with van der Waals surface area (Å²) in [6.07, 6.45) is 4.42. The Hall–Kier alpha value is -2.77. The van der Waals surface area contributed by atoms with E-state index < -0.39 is 6.10 Å². The molecule has 134 valence electrons. The lowest BCUT2D eigenvalue weighted by molar-refractivity contribution is 0.0327. The van der Waals surface area contributed by atoms with E-state index in [1.54, 1.807) is 0 Å². The monoisotopic (exact) mass is 352 g/mol. The Bertz CT molecular complexity index is 863. The number of carbonyl (C=O) groups excluding carboxylic acids is 1. The third-order valence-corrected chi connectivity index (χ3v) is 4.63. The number of aliphatic hydroxyl groups is 1. The Morgan fingerprint density at radius 1 is 1.35 bits per heavy atom. The number of carbonyl (C=O) groups is 1. The molecule has 1 aliphatic rings. The van der Waals surface area contributed by atoms with Crippen molar-refractivity contribution in [2.75, 3.05) is 13.1 Å². The summed E-state index contributed by atoms with van der Waals surface area (Å²) in [4.78, 5) is 22.2. The fourth-order valence-corrected chi connectivity index (χ4v) is 3.30. The Kier molecular flexibility index (Phi) is 4.64. The zero-order valence-electron chi connectivity index (χ0n) is 14.2. The van der Waals surface area contributed by atoms with Crippen molar-refractivity contribution in [2.45, 2.75) is 25.1 Å². The van der Waals surface area contributed by atoms with Gasteiger partial charge < -0.3 is 14.8 Å². The highest BCUT2D eigenvalue weighted by Gasteiger charge is 2.29. The lowest BCUT2D eigenvalue weighted by Crippen LogP contribution is -2.53. The standard InChI is InChI=1S/C19H20N4O3/c24-17-12-23(11-14-9-13-3-1-2-4-18(13)26-14)8-5-15(17)22-19(25)16-10-20-6-7-21-16/h1-4,6-7,9-10,15,17,24H,5,8,11-12H2,(H,22,25)/t15-,17-/m0/s1. The molecule has 0 aliphatic carbocycles. The number of benzene rings is 1. The van der Waals surface area contributed by atoms with Gasteiger partial charge in [0.25, 0.3) is 5.91 Å². The van der Waals surface area contributed by atoms with Gasteiger partial charge in [0.05, 0.1) is 24.9 Å². The highest BCUT2D eigenvalue weighted by Crippen LogP contribution is 2.21. The van der Waals surface area contributed by atoms with E-state index in [-0.39, 0.29) is 17.6 Å². The van der Waals surface area contributed by atoms with E-state index in [9.17, 15) is 9.90 Å². The lowest BCUT2D eigenvalue weighted by Gasteiger charge is -2.35. The predicted octanol–water partition coefficient (Wildman–Crippen LogP) is 1.59. The van der Waals surface area contributed by atoms with E-state index in [2.05, 4.69) is 20.2 Å². The number of nitrogens with one attached hydrogen (secondary N) is 1. The van der Waals surface area contributed by atoms with E-state index in [4.69, 9.17) is 4.42 Å². The van der Waals surface area contributed by atoms with Crippen molar-refractivity contribution < 1.29 is 14.3 Å². The second-order valence-electron chi connectivity index (χ2n) is 6.51. The first-order chi connectivity index (χ1) is 12.7. The second-order valence-corrected chi connectivity index (χ2v) is 6.51. The molecule has 0 bridgehead atoms. The molecule has 1 fully saturated rings. The van der Waals surface area contributed by atoms with Gasteiger partial charge in [0.15, 0.2) is 0 Å². The number of β-amino-alcohol motifs (C(OH)–C–C–N with tert-alkyl or cyclic N) is 1. The summed E-state index contributed by atoms with van der Waals surface area (Å²) in [5.41, 5.74) is 1.12. The highest BCUT2D eigenvalue weighted by molar-refractivity contribution is 5.92. The van der Waals surface area contributed by atoms with E-state index >= 15 is 0 Å². The zero-order valence-corrected chi connectivity index (χ0v) is 14.2. The Balaban J connectivity index is 1.35. The average molecular weight is 352 g/mol. The van der Waals surface area contributed by atoms with Crippen LogP contribution in [0.25, 0.3) is 11.0 Å². The maximum atomic E-state index is 12.2. The maximum absolute atomic E-state index is 12.2. The summed E-state index contributed by atoms with van der Waals surface area (Å²) in [6.45, 7) is 1.87. The van der Waals surface area contributed by atoms with E-state index in [1.165, 1.54) is 18.6 Å². The predicted molar refractivity (Wildman–Crippen MR) is 95.4 cm³/mol. The van der Waals surface area contributed by atoms with Crippen LogP contribution in [0.1, 0.15) is 22.7 Å². The Morgan fingerprint density at radius 2 is 2.23 bits per heavy atom. The second kappa shape index (κ2) is 7.23. The van der Waals surface area contributed by atoms with Crippen LogP contribution >= 0.6 is 0 Å². The van der Waals surface area contributed by atoms with Crippen molar-refractivity contribution >= 4 is 16.9 Å². The fourth-order valence-electron chi connectivity index (χ4n) is 3.30. The number of hydrogen-bond acceptors (Lipinski definition) is 6. The quantitative estimate of drug-likeness (QED) is 0.741. The van der Waals surface area contributed by atoms with Gasteiger partial charge in [0, 0.05) is 30.9 Å². The smallest absolute Gasteiger partial charge is 0.271 e. The van der Waals surface area contributed by atoms with Gasteiger partial charge in [-0.1, -0.05) is 18.2 Å². The first-order valence-electron chi connectivity index (χ1n) is 8.64. The van der Waals surface area contributed by atoms with Crippen molar-refractivity contribution in [1.29, 1.82) is 0 Å². The van der Waals surface area contributed by atoms with Crippen LogP contribution < -0.4 is 5.32 Å². The molecule has 3 aromatic rings. The summed E-state index contributed by atoms with van der Waals surface area (Å²) < 4.78 is 5.85. The molecule has 3 heterocycles. The van der Waals surface area contributed by atoms with Gasteiger partial charge in [-0.3, -0.25) is 14.7 Å².